The van der Waals surface area contributed by atoms with Gasteiger partial charge >= 0.3 is 0 Å². The van der Waals surface area contributed by atoms with Crippen molar-refractivity contribution in [1.29, 1.82) is 5.41 Å². The van der Waals surface area contributed by atoms with Crippen molar-refractivity contribution in [2.75, 3.05) is 5.73 Å². The third-order valence-corrected chi connectivity index (χ3v) is 3.47. The zero-order valence-electron chi connectivity index (χ0n) is 12.1. The van der Waals surface area contributed by atoms with Crippen LogP contribution >= 0.6 is 0 Å². The number of primary amides is 1. The molecule has 2 aromatic carbocycles. The summed E-state index contributed by atoms with van der Waals surface area (Å²) < 4.78 is 5.80. The third-order valence-electron chi connectivity index (χ3n) is 3.47. The number of pyridine rings is 1. The lowest BCUT2D eigenvalue weighted by atomic mass is 10.0. The lowest BCUT2D eigenvalue weighted by molar-refractivity contribution is 0.100. The molecular formula is C17H14N4O2. The number of benzene rings is 2. The Hall–Kier alpha value is -3.41. The number of rotatable bonds is 4. The summed E-state index contributed by atoms with van der Waals surface area (Å²) in [6.45, 7) is 0. The SMILES string of the molecule is N=Cc1c(Oc2ccc3c(C(N)=O)cccc3c2)ccnc1N. The maximum atomic E-state index is 11.5. The molecule has 1 heterocycles. The maximum absolute atomic E-state index is 11.5. The van der Waals surface area contributed by atoms with Crippen LogP contribution in [0.4, 0.5) is 5.82 Å². The van der Waals surface area contributed by atoms with Crippen molar-refractivity contribution in [3.05, 3.63) is 59.8 Å². The van der Waals surface area contributed by atoms with Gasteiger partial charge in [0.1, 0.15) is 17.3 Å². The van der Waals surface area contributed by atoms with Gasteiger partial charge in [0.25, 0.3) is 0 Å². The van der Waals surface area contributed by atoms with Crippen LogP contribution in [0.3, 0.4) is 0 Å². The van der Waals surface area contributed by atoms with E-state index in [0.717, 1.165) is 17.0 Å². The van der Waals surface area contributed by atoms with E-state index in [4.69, 9.17) is 21.6 Å². The topological polar surface area (TPSA) is 115 Å². The molecule has 3 aromatic rings. The zero-order valence-corrected chi connectivity index (χ0v) is 12.1. The Morgan fingerprint density at radius 3 is 2.78 bits per heavy atom. The predicted molar refractivity (Wildman–Crippen MR) is 89.1 cm³/mol. The standard InChI is InChI=1S/C17H14N4O2/c18-9-14-15(6-7-21-16(14)19)23-11-4-5-12-10(8-11)2-1-3-13(12)17(20)22/h1-9,18H,(H2,19,21)(H2,20,22). The first-order valence-electron chi connectivity index (χ1n) is 6.85. The first-order valence-corrected chi connectivity index (χ1v) is 6.85. The molecular weight excluding hydrogens is 292 g/mol. The molecule has 0 aliphatic rings. The predicted octanol–water partition coefficient (Wildman–Crippen LogP) is 2.71. The van der Waals surface area contributed by atoms with E-state index in [0.29, 0.717) is 22.6 Å². The number of nitrogens with one attached hydrogen (secondary N) is 1. The number of fused-ring (bicyclic) bond motifs is 1. The second kappa shape index (κ2) is 5.76. The second-order valence-electron chi connectivity index (χ2n) is 4.91. The molecule has 0 unspecified atom stereocenters. The number of hydrogen-bond donors (Lipinski definition) is 3. The molecule has 0 radical (unpaired) electrons. The largest absolute Gasteiger partial charge is 0.456 e. The highest BCUT2D eigenvalue weighted by molar-refractivity contribution is 6.06. The summed E-state index contributed by atoms with van der Waals surface area (Å²) in [7, 11) is 0. The number of hydrogen-bond acceptors (Lipinski definition) is 5. The zero-order chi connectivity index (χ0) is 16.4. The molecule has 5 N–H and O–H groups in total. The van der Waals surface area contributed by atoms with Crippen molar-refractivity contribution < 1.29 is 9.53 Å². The average molecular weight is 306 g/mol. The first-order chi connectivity index (χ1) is 11.1. The highest BCUT2D eigenvalue weighted by Gasteiger charge is 2.10. The summed E-state index contributed by atoms with van der Waals surface area (Å²) in [5.74, 6) is 0.761. The summed E-state index contributed by atoms with van der Waals surface area (Å²) in [5, 5.41) is 9.01. The minimum atomic E-state index is -0.475. The summed E-state index contributed by atoms with van der Waals surface area (Å²) in [6, 6.07) is 12.3. The number of amides is 1. The van der Waals surface area contributed by atoms with Gasteiger partial charge in [0.15, 0.2) is 0 Å². The smallest absolute Gasteiger partial charge is 0.249 e. The van der Waals surface area contributed by atoms with Gasteiger partial charge in [-0.15, -0.1) is 0 Å². The Balaban J connectivity index is 2.04. The fraction of sp³-hybridized carbons (Fsp3) is 0. The number of nitrogens with two attached hydrogens (primary N) is 2. The van der Waals surface area contributed by atoms with Crippen molar-refractivity contribution in [3.63, 3.8) is 0 Å². The Bertz CT molecular complexity index is 922. The van der Waals surface area contributed by atoms with Crippen LogP contribution in [0.25, 0.3) is 10.8 Å². The average Bonchev–Trinajstić information content (AvgIpc) is 2.54. The van der Waals surface area contributed by atoms with Gasteiger partial charge < -0.3 is 21.6 Å². The van der Waals surface area contributed by atoms with E-state index < -0.39 is 5.91 Å². The minimum absolute atomic E-state index is 0.231. The van der Waals surface area contributed by atoms with E-state index in [9.17, 15) is 4.79 Å². The number of aromatic nitrogens is 1. The molecule has 1 aromatic heterocycles. The number of nitrogens with zero attached hydrogens (tertiary/aromatic N) is 1. The van der Waals surface area contributed by atoms with Gasteiger partial charge in [-0.05, 0) is 41.1 Å². The molecule has 6 nitrogen and oxygen atoms in total. The summed E-state index contributed by atoms with van der Waals surface area (Å²) in [4.78, 5) is 15.4. The van der Waals surface area contributed by atoms with Crippen LogP contribution in [0.1, 0.15) is 15.9 Å². The minimum Gasteiger partial charge on any atom is -0.456 e. The quantitative estimate of drug-likeness (QED) is 0.643. The van der Waals surface area contributed by atoms with Crippen molar-refractivity contribution >= 4 is 28.7 Å². The molecule has 0 aliphatic carbocycles. The molecule has 0 fully saturated rings. The van der Waals surface area contributed by atoms with E-state index in [-0.39, 0.29) is 5.82 Å². The molecule has 23 heavy (non-hydrogen) atoms. The van der Waals surface area contributed by atoms with Gasteiger partial charge in [-0.25, -0.2) is 4.98 Å². The van der Waals surface area contributed by atoms with Gasteiger partial charge in [0.05, 0.1) is 5.56 Å². The van der Waals surface area contributed by atoms with E-state index in [1.54, 1.807) is 36.4 Å². The van der Waals surface area contributed by atoms with Crippen molar-refractivity contribution in [2.45, 2.75) is 0 Å². The van der Waals surface area contributed by atoms with Crippen LogP contribution < -0.4 is 16.2 Å². The van der Waals surface area contributed by atoms with E-state index in [1.165, 1.54) is 6.20 Å². The van der Waals surface area contributed by atoms with Gasteiger partial charge in [0.2, 0.25) is 5.91 Å². The fourth-order valence-electron chi connectivity index (χ4n) is 2.37. The Labute approximate surface area is 132 Å². The summed E-state index contributed by atoms with van der Waals surface area (Å²) >= 11 is 0. The maximum Gasteiger partial charge on any atom is 0.249 e. The highest BCUT2D eigenvalue weighted by Crippen LogP contribution is 2.30. The van der Waals surface area contributed by atoms with Crippen LogP contribution in [0.2, 0.25) is 0 Å². The van der Waals surface area contributed by atoms with E-state index >= 15 is 0 Å². The van der Waals surface area contributed by atoms with E-state index in [2.05, 4.69) is 4.98 Å². The first kappa shape index (κ1) is 14.5. The van der Waals surface area contributed by atoms with E-state index in [1.807, 2.05) is 6.07 Å². The fourth-order valence-corrected chi connectivity index (χ4v) is 2.37. The second-order valence-corrected chi connectivity index (χ2v) is 4.91. The Morgan fingerprint density at radius 2 is 2.04 bits per heavy atom. The Kier molecular flexibility index (Phi) is 3.64. The molecule has 6 heteroatoms. The summed E-state index contributed by atoms with van der Waals surface area (Å²) in [6.07, 6.45) is 2.62. The summed E-state index contributed by atoms with van der Waals surface area (Å²) in [5.41, 5.74) is 12.0. The van der Waals surface area contributed by atoms with Crippen molar-refractivity contribution in [1.82, 2.24) is 4.98 Å². The third kappa shape index (κ3) is 2.69. The Morgan fingerprint density at radius 1 is 1.22 bits per heavy atom. The lowest BCUT2D eigenvalue weighted by Crippen LogP contribution is -2.11. The molecule has 0 saturated heterocycles. The van der Waals surface area contributed by atoms with Crippen LogP contribution in [-0.2, 0) is 0 Å². The highest BCUT2D eigenvalue weighted by atomic mass is 16.5. The van der Waals surface area contributed by atoms with Crippen LogP contribution in [-0.4, -0.2) is 17.1 Å². The monoisotopic (exact) mass is 306 g/mol. The van der Waals surface area contributed by atoms with Crippen LogP contribution in [0.5, 0.6) is 11.5 Å². The van der Waals surface area contributed by atoms with Gasteiger partial charge in [0, 0.05) is 18.0 Å². The van der Waals surface area contributed by atoms with Gasteiger partial charge in [-0.1, -0.05) is 12.1 Å². The normalized spacial score (nSPS) is 10.4. The molecule has 0 saturated carbocycles. The molecule has 0 atom stereocenters. The van der Waals surface area contributed by atoms with Gasteiger partial charge in [-0.2, -0.15) is 0 Å². The number of anilines is 1. The molecule has 0 aliphatic heterocycles. The lowest BCUT2D eigenvalue weighted by Gasteiger charge is -2.11. The number of ether oxygens (including phenoxy) is 1. The molecule has 1 amide bonds. The molecule has 114 valence electrons. The van der Waals surface area contributed by atoms with Crippen LogP contribution in [0.15, 0.2) is 48.7 Å². The molecule has 0 spiro atoms. The van der Waals surface area contributed by atoms with Crippen molar-refractivity contribution in [3.8, 4) is 11.5 Å². The van der Waals surface area contributed by atoms with Crippen LogP contribution in [0, 0.1) is 5.41 Å². The van der Waals surface area contributed by atoms with Crippen molar-refractivity contribution in [2.24, 2.45) is 5.73 Å². The molecule has 3 rings (SSSR count). The molecule has 0 bridgehead atoms. The number of carbonyl (C=O) groups is 1. The van der Waals surface area contributed by atoms with Gasteiger partial charge in [-0.3, -0.25) is 4.79 Å². The number of carbonyl (C=O) groups excluding carboxylic acids is 1. The number of nitrogen functional groups attached to an aromatic ring is 1.